The Balaban J connectivity index is 3.11. The van der Waals surface area contributed by atoms with Crippen LogP contribution in [0.1, 0.15) is 27.2 Å². The van der Waals surface area contributed by atoms with E-state index in [0.717, 1.165) is 6.42 Å². The molecule has 0 spiro atoms. The number of aliphatic hydroxyl groups excluding tert-OH is 1. The molecule has 0 aromatic heterocycles. The summed E-state index contributed by atoms with van der Waals surface area (Å²) in [5, 5.41) is 9.14. The molecule has 0 atom stereocenters. The minimum atomic E-state index is -0.461. The predicted molar refractivity (Wildman–Crippen MR) is 74.4 cm³/mol. The molecule has 4 nitrogen and oxygen atoms in total. The molecule has 0 saturated heterocycles. The summed E-state index contributed by atoms with van der Waals surface area (Å²) >= 11 is 0. The number of carbonyl (C=O) groups excluding carboxylic acids is 1. The zero-order valence-corrected chi connectivity index (χ0v) is 11.3. The number of nitrogens with zero attached hydrogens (tertiary/aromatic N) is 1. The van der Waals surface area contributed by atoms with Gasteiger partial charge in [0.2, 0.25) is 5.91 Å². The Morgan fingerprint density at radius 2 is 2.00 bits per heavy atom. The van der Waals surface area contributed by atoms with Gasteiger partial charge in [-0.1, -0.05) is 32.9 Å². The van der Waals surface area contributed by atoms with E-state index in [9.17, 15) is 4.79 Å². The van der Waals surface area contributed by atoms with Gasteiger partial charge in [-0.15, -0.1) is 0 Å². The molecule has 1 aromatic carbocycles. The van der Waals surface area contributed by atoms with Gasteiger partial charge in [-0.2, -0.15) is 0 Å². The monoisotopic (exact) mass is 250 g/mol. The van der Waals surface area contributed by atoms with Gasteiger partial charge in [-0.05, 0) is 18.6 Å². The maximum Gasteiger partial charge on any atom is 0.232 e. The fourth-order valence-electron chi connectivity index (χ4n) is 1.68. The number of para-hydroxylation sites is 2. The van der Waals surface area contributed by atoms with E-state index < -0.39 is 5.41 Å². The van der Waals surface area contributed by atoms with Gasteiger partial charge in [0.05, 0.1) is 18.0 Å². The second-order valence-corrected chi connectivity index (χ2v) is 4.98. The first-order valence-corrected chi connectivity index (χ1v) is 6.21. The van der Waals surface area contributed by atoms with Crippen LogP contribution >= 0.6 is 0 Å². The highest BCUT2D eigenvalue weighted by Gasteiger charge is 2.31. The average Bonchev–Trinajstić information content (AvgIpc) is 2.36. The van der Waals surface area contributed by atoms with Crippen LogP contribution in [0.25, 0.3) is 0 Å². The molecule has 0 aliphatic rings. The maximum absolute atomic E-state index is 12.5. The van der Waals surface area contributed by atoms with E-state index in [1.54, 1.807) is 17.0 Å². The number of benzene rings is 1. The third-order valence-corrected chi connectivity index (χ3v) is 3.26. The number of anilines is 2. The van der Waals surface area contributed by atoms with Crippen LogP contribution in [0, 0.1) is 5.41 Å². The van der Waals surface area contributed by atoms with Crippen molar-refractivity contribution >= 4 is 17.3 Å². The predicted octanol–water partition coefficient (Wildman–Crippen LogP) is 2.03. The van der Waals surface area contributed by atoms with Gasteiger partial charge < -0.3 is 15.7 Å². The molecule has 18 heavy (non-hydrogen) atoms. The van der Waals surface area contributed by atoms with E-state index >= 15 is 0 Å². The number of carbonyl (C=O) groups is 1. The molecule has 1 amide bonds. The van der Waals surface area contributed by atoms with Gasteiger partial charge in [0.15, 0.2) is 0 Å². The molecule has 4 heteroatoms. The van der Waals surface area contributed by atoms with E-state index in [1.165, 1.54) is 0 Å². The molecule has 0 aliphatic carbocycles. The summed E-state index contributed by atoms with van der Waals surface area (Å²) < 4.78 is 0. The first kappa shape index (κ1) is 14.5. The van der Waals surface area contributed by atoms with E-state index in [-0.39, 0.29) is 19.1 Å². The number of nitrogens with two attached hydrogens (primary N) is 1. The Hall–Kier alpha value is -1.55. The first-order valence-electron chi connectivity index (χ1n) is 6.21. The fraction of sp³-hybridized carbons (Fsp3) is 0.500. The molecule has 0 bridgehead atoms. The van der Waals surface area contributed by atoms with Crippen LogP contribution in [0.15, 0.2) is 24.3 Å². The summed E-state index contributed by atoms with van der Waals surface area (Å²) in [6.45, 7) is 5.96. The van der Waals surface area contributed by atoms with Gasteiger partial charge in [-0.3, -0.25) is 4.79 Å². The highest BCUT2D eigenvalue weighted by molar-refractivity contribution is 5.99. The standard InChI is InChI=1S/C14H22N2O2/c1-4-14(2,3)13(18)16(9-10-17)12-8-6-5-7-11(12)15/h5-8,17H,4,9-10,15H2,1-3H3. The Kier molecular flexibility index (Phi) is 4.73. The Labute approximate surface area is 108 Å². The lowest BCUT2D eigenvalue weighted by atomic mass is 9.88. The average molecular weight is 250 g/mol. The minimum Gasteiger partial charge on any atom is -0.397 e. The van der Waals surface area contributed by atoms with Crippen molar-refractivity contribution in [1.29, 1.82) is 0 Å². The van der Waals surface area contributed by atoms with E-state index in [2.05, 4.69) is 0 Å². The van der Waals surface area contributed by atoms with Gasteiger partial charge in [0.25, 0.3) is 0 Å². The van der Waals surface area contributed by atoms with Crippen LogP contribution in [0.4, 0.5) is 11.4 Å². The smallest absolute Gasteiger partial charge is 0.232 e. The van der Waals surface area contributed by atoms with Crippen molar-refractivity contribution in [2.45, 2.75) is 27.2 Å². The van der Waals surface area contributed by atoms with Crippen molar-refractivity contribution in [3.63, 3.8) is 0 Å². The lowest BCUT2D eigenvalue weighted by Crippen LogP contribution is -2.42. The van der Waals surface area contributed by atoms with Crippen molar-refractivity contribution in [2.24, 2.45) is 5.41 Å². The van der Waals surface area contributed by atoms with Crippen molar-refractivity contribution in [3.05, 3.63) is 24.3 Å². The molecule has 100 valence electrons. The van der Waals surface area contributed by atoms with Crippen LogP contribution in [0.2, 0.25) is 0 Å². The summed E-state index contributed by atoms with van der Waals surface area (Å²) in [7, 11) is 0. The molecule has 0 saturated carbocycles. The highest BCUT2D eigenvalue weighted by Crippen LogP contribution is 2.29. The molecular formula is C14H22N2O2. The quantitative estimate of drug-likeness (QED) is 0.786. The maximum atomic E-state index is 12.5. The minimum absolute atomic E-state index is 0.0167. The van der Waals surface area contributed by atoms with E-state index in [4.69, 9.17) is 10.8 Å². The first-order chi connectivity index (χ1) is 8.44. The van der Waals surface area contributed by atoms with Crippen molar-refractivity contribution in [1.82, 2.24) is 0 Å². The number of hydrogen-bond donors (Lipinski definition) is 2. The van der Waals surface area contributed by atoms with Crippen LogP contribution in [0.3, 0.4) is 0 Å². The topological polar surface area (TPSA) is 66.6 Å². The molecule has 3 N–H and O–H groups in total. The lowest BCUT2D eigenvalue weighted by Gasteiger charge is -2.31. The highest BCUT2D eigenvalue weighted by atomic mass is 16.3. The van der Waals surface area contributed by atoms with E-state index in [0.29, 0.717) is 11.4 Å². The van der Waals surface area contributed by atoms with Crippen LogP contribution in [0.5, 0.6) is 0 Å². The van der Waals surface area contributed by atoms with Gasteiger partial charge in [0.1, 0.15) is 0 Å². The SMILES string of the molecule is CCC(C)(C)C(=O)N(CCO)c1ccccc1N. The lowest BCUT2D eigenvalue weighted by molar-refractivity contribution is -0.126. The summed E-state index contributed by atoms with van der Waals surface area (Å²) in [6.07, 6.45) is 0.737. The molecule has 0 radical (unpaired) electrons. The second kappa shape index (κ2) is 5.87. The van der Waals surface area contributed by atoms with Gasteiger partial charge in [-0.25, -0.2) is 0 Å². The molecule has 0 heterocycles. The van der Waals surface area contributed by atoms with Gasteiger partial charge >= 0.3 is 0 Å². The third-order valence-electron chi connectivity index (χ3n) is 3.26. The summed E-state index contributed by atoms with van der Waals surface area (Å²) in [6, 6.07) is 7.22. The molecule has 0 aliphatic heterocycles. The second-order valence-electron chi connectivity index (χ2n) is 4.98. The summed E-state index contributed by atoms with van der Waals surface area (Å²) in [4.78, 5) is 14.1. The molecular weight excluding hydrogens is 228 g/mol. The largest absolute Gasteiger partial charge is 0.397 e. The van der Waals surface area contributed by atoms with Crippen molar-refractivity contribution < 1.29 is 9.90 Å². The summed E-state index contributed by atoms with van der Waals surface area (Å²) in [5.41, 5.74) is 6.65. The molecule has 0 fully saturated rings. The normalized spacial score (nSPS) is 11.3. The van der Waals surface area contributed by atoms with Crippen molar-refractivity contribution in [2.75, 3.05) is 23.8 Å². The number of nitrogen functional groups attached to an aromatic ring is 1. The Morgan fingerprint density at radius 1 is 1.39 bits per heavy atom. The van der Waals surface area contributed by atoms with Crippen LogP contribution in [-0.2, 0) is 4.79 Å². The molecule has 1 rings (SSSR count). The number of rotatable bonds is 5. The van der Waals surface area contributed by atoms with Gasteiger partial charge in [0, 0.05) is 12.0 Å². The number of hydrogen-bond acceptors (Lipinski definition) is 3. The van der Waals surface area contributed by atoms with E-state index in [1.807, 2.05) is 32.9 Å². The Bertz CT molecular complexity index is 416. The summed E-state index contributed by atoms with van der Waals surface area (Å²) in [5.74, 6) is -0.0167. The zero-order chi connectivity index (χ0) is 13.8. The third kappa shape index (κ3) is 3.01. The number of amides is 1. The Morgan fingerprint density at radius 3 is 2.50 bits per heavy atom. The zero-order valence-electron chi connectivity index (χ0n) is 11.3. The molecule has 0 unspecified atom stereocenters. The van der Waals surface area contributed by atoms with Crippen molar-refractivity contribution in [3.8, 4) is 0 Å². The van der Waals surface area contributed by atoms with Crippen LogP contribution in [-0.4, -0.2) is 24.2 Å². The molecule has 1 aromatic rings. The fourth-order valence-corrected chi connectivity index (χ4v) is 1.68. The van der Waals surface area contributed by atoms with Crippen LogP contribution < -0.4 is 10.6 Å². The number of aliphatic hydroxyl groups is 1.